The Bertz CT molecular complexity index is 481. The number of anilines is 1. The van der Waals surface area contributed by atoms with Crippen molar-refractivity contribution < 1.29 is 0 Å². The molecule has 0 amide bonds. The van der Waals surface area contributed by atoms with Crippen LogP contribution in [0.5, 0.6) is 0 Å². The summed E-state index contributed by atoms with van der Waals surface area (Å²) in [5.41, 5.74) is 0. The van der Waals surface area contributed by atoms with Crippen molar-refractivity contribution in [1.29, 1.82) is 0 Å². The molecule has 1 unspecified atom stereocenters. The fraction of sp³-hybridized carbons (Fsp3) is 0.364. The lowest BCUT2D eigenvalue weighted by atomic mass is 10.3. The summed E-state index contributed by atoms with van der Waals surface area (Å²) in [5.74, 6) is 1.02. The van der Waals surface area contributed by atoms with Crippen LogP contribution >= 0.6 is 15.9 Å². The van der Waals surface area contributed by atoms with E-state index < -0.39 is 0 Å². The molecule has 3 heterocycles. The van der Waals surface area contributed by atoms with Crippen LogP contribution in [-0.4, -0.2) is 33.1 Å². The Morgan fingerprint density at radius 1 is 1.35 bits per heavy atom. The van der Waals surface area contributed by atoms with Gasteiger partial charge in [0.2, 0.25) is 0 Å². The molecule has 1 fully saturated rings. The van der Waals surface area contributed by atoms with Gasteiger partial charge in [0.25, 0.3) is 0 Å². The maximum absolute atomic E-state index is 4.41. The van der Waals surface area contributed by atoms with E-state index in [2.05, 4.69) is 36.1 Å². The number of aromatic nitrogens is 4. The third-order valence-electron chi connectivity index (χ3n) is 3.01. The van der Waals surface area contributed by atoms with Crippen molar-refractivity contribution in [1.82, 2.24) is 20.0 Å². The molecule has 0 spiro atoms. The van der Waals surface area contributed by atoms with Gasteiger partial charge in [-0.05, 0) is 34.5 Å². The van der Waals surface area contributed by atoms with Crippen LogP contribution < -0.4 is 4.90 Å². The van der Waals surface area contributed by atoms with Gasteiger partial charge >= 0.3 is 0 Å². The van der Waals surface area contributed by atoms with E-state index in [1.54, 1.807) is 6.20 Å². The second-order valence-corrected chi connectivity index (χ2v) is 5.02. The lowest BCUT2D eigenvalue weighted by molar-refractivity contribution is 0.479. The van der Waals surface area contributed by atoms with Crippen LogP contribution in [0, 0.1) is 0 Å². The first kappa shape index (κ1) is 10.7. The monoisotopic (exact) mass is 293 g/mol. The molecule has 88 valence electrons. The third-order valence-corrected chi connectivity index (χ3v) is 3.48. The fourth-order valence-electron chi connectivity index (χ4n) is 2.13. The number of pyridine rings is 1. The first-order valence-electron chi connectivity index (χ1n) is 5.55. The topological polar surface area (TPSA) is 46.8 Å². The molecule has 2 aromatic heterocycles. The Morgan fingerprint density at radius 2 is 2.29 bits per heavy atom. The molecule has 1 aliphatic rings. The molecule has 0 N–H and O–H groups in total. The Labute approximate surface area is 108 Å². The summed E-state index contributed by atoms with van der Waals surface area (Å²) in [6.45, 7) is 1.96. The van der Waals surface area contributed by atoms with Crippen molar-refractivity contribution in [3.05, 3.63) is 35.2 Å². The molecule has 1 atom stereocenters. The van der Waals surface area contributed by atoms with Crippen molar-refractivity contribution in [3.8, 4) is 0 Å². The second kappa shape index (κ2) is 4.44. The van der Waals surface area contributed by atoms with Crippen molar-refractivity contribution in [2.75, 3.05) is 18.0 Å². The summed E-state index contributed by atoms with van der Waals surface area (Å²) < 4.78 is 2.94. The van der Waals surface area contributed by atoms with Crippen LogP contribution in [0.15, 0.2) is 35.2 Å². The Balaban J connectivity index is 1.74. The molecule has 0 radical (unpaired) electrons. The normalized spacial score (nSPS) is 19.8. The Morgan fingerprint density at radius 3 is 3.00 bits per heavy atom. The first-order valence-corrected chi connectivity index (χ1v) is 6.34. The van der Waals surface area contributed by atoms with Gasteiger partial charge in [0.15, 0.2) is 0 Å². The van der Waals surface area contributed by atoms with Gasteiger partial charge in [0.05, 0.1) is 12.2 Å². The SMILES string of the molecule is Brc1ccc(N2CCC(n3ccnn3)C2)nc1. The molecule has 0 aliphatic carbocycles. The lowest BCUT2D eigenvalue weighted by Crippen LogP contribution is -2.21. The van der Waals surface area contributed by atoms with Gasteiger partial charge in [-0.2, -0.15) is 0 Å². The van der Waals surface area contributed by atoms with E-state index in [0.29, 0.717) is 6.04 Å². The highest BCUT2D eigenvalue weighted by molar-refractivity contribution is 9.10. The van der Waals surface area contributed by atoms with Crippen LogP contribution in [0.1, 0.15) is 12.5 Å². The summed E-state index contributed by atoms with van der Waals surface area (Å²) in [4.78, 5) is 6.69. The number of rotatable bonds is 2. The number of hydrogen-bond acceptors (Lipinski definition) is 4. The van der Waals surface area contributed by atoms with Gasteiger partial charge in [-0.1, -0.05) is 5.21 Å². The van der Waals surface area contributed by atoms with Crippen LogP contribution in [-0.2, 0) is 0 Å². The zero-order chi connectivity index (χ0) is 11.7. The molecule has 17 heavy (non-hydrogen) atoms. The van der Waals surface area contributed by atoms with E-state index in [1.807, 2.05) is 29.2 Å². The summed E-state index contributed by atoms with van der Waals surface area (Å²) >= 11 is 3.39. The second-order valence-electron chi connectivity index (χ2n) is 4.11. The predicted molar refractivity (Wildman–Crippen MR) is 67.8 cm³/mol. The maximum Gasteiger partial charge on any atom is 0.128 e. The van der Waals surface area contributed by atoms with Gasteiger partial charge in [0, 0.05) is 30.0 Å². The van der Waals surface area contributed by atoms with Crippen LogP contribution in [0.4, 0.5) is 5.82 Å². The zero-order valence-corrected chi connectivity index (χ0v) is 10.8. The summed E-state index contributed by atoms with van der Waals surface area (Å²) in [5, 5.41) is 7.90. The van der Waals surface area contributed by atoms with E-state index in [4.69, 9.17) is 0 Å². The average Bonchev–Trinajstić information content (AvgIpc) is 3.00. The van der Waals surface area contributed by atoms with Crippen LogP contribution in [0.3, 0.4) is 0 Å². The smallest absolute Gasteiger partial charge is 0.128 e. The quantitative estimate of drug-likeness (QED) is 0.848. The Kier molecular flexibility index (Phi) is 2.80. The van der Waals surface area contributed by atoms with Crippen molar-refractivity contribution >= 4 is 21.7 Å². The number of nitrogens with zero attached hydrogens (tertiary/aromatic N) is 5. The third kappa shape index (κ3) is 2.17. The highest BCUT2D eigenvalue weighted by Gasteiger charge is 2.25. The van der Waals surface area contributed by atoms with Gasteiger partial charge in [0.1, 0.15) is 5.82 Å². The number of hydrogen-bond donors (Lipinski definition) is 0. The van der Waals surface area contributed by atoms with E-state index in [9.17, 15) is 0 Å². The van der Waals surface area contributed by atoms with Gasteiger partial charge in [-0.3, -0.25) is 0 Å². The summed E-state index contributed by atoms with van der Waals surface area (Å²) in [6.07, 6.45) is 6.56. The van der Waals surface area contributed by atoms with E-state index >= 15 is 0 Å². The fourth-order valence-corrected chi connectivity index (χ4v) is 2.37. The minimum Gasteiger partial charge on any atom is -0.354 e. The van der Waals surface area contributed by atoms with Crippen molar-refractivity contribution in [2.45, 2.75) is 12.5 Å². The molecule has 5 nitrogen and oxygen atoms in total. The molecular weight excluding hydrogens is 282 g/mol. The van der Waals surface area contributed by atoms with E-state index in [0.717, 1.165) is 29.8 Å². The predicted octanol–water partition coefficient (Wildman–Crippen LogP) is 1.89. The van der Waals surface area contributed by atoms with Crippen LogP contribution in [0.2, 0.25) is 0 Å². The average molecular weight is 294 g/mol. The molecule has 0 bridgehead atoms. The van der Waals surface area contributed by atoms with Crippen molar-refractivity contribution in [3.63, 3.8) is 0 Å². The molecule has 6 heteroatoms. The van der Waals surface area contributed by atoms with E-state index in [-0.39, 0.29) is 0 Å². The summed E-state index contributed by atoms with van der Waals surface area (Å²) in [6, 6.07) is 4.46. The lowest BCUT2D eigenvalue weighted by Gasteiger charge is -2.17. The minimum atomic E-state index is 0.406. The zero-order valence-electron chi connectivity index (χ0n) is 9.20. The van der Waals surface area contributed by atoms with Gasteiger partial charge in [-0.15, -0.1) is 5.10 Å². The molecule has 1 saturated heterocycles. The first-order chi connectivity index (χ1) is 8.33. The molecule has 0 aromatic carbocycles. The number of halogens is 1. The Hall–Kier alpha value is -1.43. The molecule has 0 saturated carbocycles. The molecule has 1 aliphatic heterocycles. The molecular formula is C11H12BrN5. The maximum atomic E-state index is 4.41. The minimum absolute atomic E-state index is 0.406. The largest absolute Gasteiger partial charge is 0.354 e. The molecule has 3 rings (SSSR count). The van der Waals surface area contributed by atoms with E-state index in [1.165, 1.54) is 0 Å². The van der Waals surface area contributed by atoms with Gasteiger partial charge < -0.3 is 4.90 Å². The van der Waals surface area contributed by atoms with Crippen molar-refractivity contribution in [2.24, 2.45) is 0 Å². The standard InChI is InChI=1S/C11H12BrN5/c12-9-1-2-11(13-7-9)16-5-3-10(8-16)17-6-4-14-15-17/h1-2,4,6-7,10H,3,5,8H2. The highest BCUT2D eigenvalue weighted by Crippen LogP contribution is 2.25. The van der Waals surface area contributed by atoms with Crippen LogP contribution in [0.25, 0.3) is 0 Å². The molecule has 2 aromatic rings. The summed E-state index contributed by atoms with van der Waals surface area (Å²) in [7, 11) is 0. The highest BCUT2D eigenvalue weighted by atomic mass is 79.9. The van der Waals surface area contributed by atoms with Gasteiger partial charge in [-0.25, -0.2) is 9.67 Å².